The van der Waals surface area contributed by atoms with E-state index in [9.17, 15) is 4.79 Å². The Balaban J connectivity index is 2.75. The number of methoxy groups -OCH3 is 2. The zero-order valence-corrected chi connectivity index (χ0v) is 13.3. The molecule has 0 aliphatic heterocycles. The van der Waals surface area contributed by atoms with E-state index in [-0.39, 0.29) is 11.3 Å². The normalized spacial score (nSPS) is 11.1. The Morgan fingerprint density at radius 1 is 1.15 bits per heavy atom. The number of likely N-dealkylation sites (N-methyl/N-ethyl adjacent to an activating group) is 1. The van der Waals surface area contributed by atoms with Crippen molar-refractivity contribution in [2.75, 3.05) is 27.8 Å². The number of hydrogen-bond acceptors (Lipinski definition) is 3. The molecule has 1 aromatic carbocycles. The second-order valence-electron chi connectivity index (χ2n) is 6.18. The van der Waals surface area contributed by atoms with Crippen molar-refractivity contribution in [2.24, 2.45) is 5.41 Å². The third-order valence-corrected chi connectivity index (χ3v) is 2.94. The fourth-order valence-corrected chi connectivity index (χ4v) is 2.10. The predicted molar refractivity (Wildman–Crippen MR) is 80.3 cm³/mol. The Labute approximate surface area is 121 Å². The van der Waals surface area contributed by atoms with Crippen molar-refractivity contribution in [1.29, 1.82) is 0 Å². The second-order valence-corrected chi connectivity index (χ2v) is 6.18. The smallest absolute Gasteiger partial charge is 0.226 e. The zero-order chi connectivity index (χ0) is 15.3. The minimum absolute atomic E-state index is 0.0992. The van der Waals surface area contributed by atoms with E-state index in [1.54, 1.807) is 19.1 Å². The summed E-state index contributed by atoms with van der Waals surface area (Å²) < 4.78 is 10.4. The first-order valence-corrected chi connectivity index (χ1v) is 6.71. The van der Waals surface area contributed by atoms with Crippen molar-refractivity contribution >= 4 is 5.91 Å². The molecule has 1 aromatic rings. The molecule has 4 heteroatoms. The van der Waals surface area contributed by atoms with Crippen molar-refractivity contribution in [3.8, 4) is 11.5 Å². The lowest BCUT2D eigenvalue weighted by Gasteiger charge is -2.26. The molecule has 0 spiro atoms. The molecule has 1 amide bonds. The van der Waals surface area contributed by atoms with Gasteiger partial charge in [0.1, 0.15) is 0 Å². The minimum Gasteiger partial charge on any atom is -0.493 e. The number of nitrogens with zero attached hydrogens (tertiary/aromatic N) is 1. The Kier molecular flexibility index (Phi) is 5.43. The summed E-state index contributed by atoms with van der Waals surface area (Å²) in [5.74, 6) is 1.43. The van der Waals surface area contributed by atoms with Crippen molar-refractivity contribution in [2.45, 2.75) is 27.2 Å². The Hall–Kier alpha value is -1.71. The number of amides is 1. The van der Waals surface area contributed by atoms with Gasteiger partial charge < -0.3 is 14.4 Å². The van der Waals surface area contributed by atoms with Crippen LogP contribution in [-0.4, -0.2) is 38.6 Å². The molecule has 0 unspecified atom stereocenters. The van der Waals surface area contributed by atoms with Crippen molar-refractivity contribution in [1.82, 2.24) is 4.90 Å². The number of hydrogen-bond donors (Lipinski definition) is 0. The van der Waals surface area contributed by atoms with Crippen molar-refractivity contribution in [3.63, 3.8) is 0 Å². The fourth-order valence-electron chi connectivity index (χ4n) is 2.10. The van der Waals surface area contributed by atoms with Gasteiger partial charge in [-0.2, -0.15) is 0 Å². The fraction of sp³-hybridized carbons (Fsp3) is 0.562. The first kappa shape index (κ1) is 16.3. The maximum Gasteiger partial charge on any atom is 0.226 e. The number of carbonyl (C=O) groups is 1. The lowest BCUT2D eigenvalue weighted by atomic mass is 9.96. The van der Waals surface area contributed by atoms with E-state index in [0.717, 1.165) is 12.1 Å². The quantitative estimate of drug-likeness (QED) is 0.832. The molecule has 0 heterocycles. The summed E-state index contributed by atoms with van der Waals surface area (Å²) in [4.78, 5) is 14.0. The molecule has 0 aromatic heterocycles. The van der Waals surface area contributed by atoms with Gasteiger partial charge in [-0.15, -0.1) is 0 Å². The highest BCUT2D eigenvalue weighted by atomic mass is 16.5. The van der Waals surface area contributed by atoms with Crippen LogP contribution >= 0.6 is 0 Å². The van der Waals surface area contributed by atoms with Crippen molar-refractivity contribution < 1.29 is 14.3 Å². The van der Waals surface area contributed by atoms with Gasteiger partial charge in [-0.25, -0.2) is 0 Å². The van der Waals surface area contributed by atoms with Crippen LogP contribution in [0.1, 0.15) is 26.3 Å². The van der Waals surface area contributed by atoms with Crippen molar-refractivity contribution in [3.05, 3.63) is 23.8 Å². The van der Waals surface area contributed by atoms with E-state index in [1.807, 2.05) is 25.2 Å². The lowest BCUT2D eigenvalue weighted by molar-refractivity contribution is -0.130. The van der Waals surface area contributed by atoms with E-state index >= 15 is 0 Å². The number of ether oxygens (including phenoxy) is 2. The third-order valence-electron chi connectivity index (χ3n) is 2.94. The zero-order valence-electron chi connectivity index (χ0n) is 13.3. The molecule has 1 rings (SSSR count). The van der Waals surface area contributed by atoms with Gasteiger partial charge in [-0.3, -0.25) is 4.79 Å². The van der Waals surface area contributed by atoms with E-state index in [1.165, 1.54) is 0 Å². The highest BCUT2D eigenvalue weighted by molar-refractivity contribution is 5.78. The molecule has 0 bridgehead atoms. The van der Waals surface area contributed by atoms with Gasteiger partial charge in [0.2, 0.25) is 5.91 Å². The van der Waals surface area contributed by atoms with Crippen LogP contribution in [0.15, 0.2) is 18.2 Å². The Bertz CT molecular complexity index is 463. The number of carbonyl (C=O) groups excluding carboxylic acids is 1. The molecule has 0 aliphatic carbocycles. The predicted octanol–water partition coefficient (Wildman–Crippen LogP) is 2.75. The average molecular weight is 279 g/mol. The van der Waals surface area contributed by atoms with E-state index < -0.39 is 0 Å². The largest absolute Gasteiger partial charge is 0.493 e. The van der Waals surface area contributed by atoms with Crippen LogP contribution in [0, 0.1) is 5.41 Å². The summed E-state index contributed by atoms with van der Waals surface area (Å²) in [5, 5.41) is 0. The maximum atomic E-state index is 12.2. The highest BCUT2D eigenvalue weighted by Gasteiger charge is 2.18. The first-order chi connectivity index (χ1) is 9.26. The van der Waals surface area contributed by atoms with Gasteiger partial charge >= 0.3 is 0 Å². The highest BCUT2D eigenvalue weighted by Crippen LogP contribution is 2.27. The lowest BCUT2D eigenvalue weighted by Crippen LogP contribution is -2.35. The Morgan fingerprint density at radius 3 is 2.25 bits per heavy atom. The van der Waals surface area contributed by atoms with Crippen LogP contribution in [0.4, 0.5) is 0 Å². The van der Waals surface area contributed by atoms with Crippen LogP contribution in [0.2, 0.25) is 0 Å². The maximum absolute atomic E-state index is 12.2. The topological polar surface area (TPSA) is 38.8 Å². The van der Waals surface area contributed by atoms with Gasteiger partial charge in [0.15, 0.2) is 11.5 Å². The van der Waals surface area contributed by atoms with Gasteiger partial charge in [0.05, 0.1) is 20.6 Å². The molecule has 0 N–H and O–H groups in total. The molecule has 112 valence electrons. The van der Waals surface area contributed by atoms with Gasteiger partial charge in [-0.1, -0.05) is 26.8 Å². The van der Waals surface area contributed by atoms with Crippen LogP contribution in [0.25, 0.3) is 0 Å². The number of rotatable bonds is 5. The summed E-state index contributed by atoms with van der Waals surface area (Å²) in [6.45, 7) is 7.09. The van der Waals surface area contributed by atoms with E-state index in [2.05, 4.69) is 20.8 Å². The van der Waals surface area contributed by atoms with E-state index in [4.69, 9.17) is 9.47 Å². The van der Waals surface area contributed by atoms with Crippen LogP contribution in [0.3, 0.4) is 0 Å². The van der Waals surface area contributed by atoms with Crippen LogP contribution < -0.4 is 9.47 Å². The summed E-state index contributed by atoms with van der Waals surface area (Å²) in [6, 6.07) is 5.57. The molecule has 0 atom stereocenters. The molecule has 20 heavy (non-hydrogen) atoms. The standard InChI is InChI=1S/C16H25NO3/c1-16(2,3)11-17(4)15(18)10-12-7-8-13(19-5)14(9-12)20-6/h7-9H,10-11H2,1-6H3. The number of benzene rings is 1. The molecule has 0 fully saturated rings. The van der Waals surface area contributed by atoms with E-state index in [0.29, 0.717) is 17.9 Å². The van der Waals surface area contributed by atoms with Crippen LogP contribution in [0.5, 0.6) is 11.5 Å². The molecular weight excluding hydrogens is 254 g/mol. The third kappa shape index (κ3) is 4.76. The first-order valence-electron chi connectivity index (χ1n) is 6.71. The van der Waals surface area contributed by atoms with Gasteiger partial charge in [0, 0.05) is 13.6 Å². The van der Waals surface area contributed by atoms with Gasteiger partial charge in [0.25, 0.3) is 0 Å². The average Bonchev–Trinajstić information content (AvgIpc) is 2.36. The van der Waals surface area contributed by atoms with Crippen LogP contribution in [-0.2, 0) is 11.2 Å². The molecule has 0 saturated heterocycles. The monoisotopic (exact) mass is 279 g/mol. The summed E-state index contributed by atoms with van der Waals surface area (Å²) in [6.07, 6.45) is 0.368. The minimum atomic E-state index is 0.0992. The molecule has 0 aliphatic rings. The Morgan fingerprint density at radius 2 is 1.75 bits per heavy atom. The summed E-state index contributed by atoms with van der Waals surface area (Å²) in [7, 11) is 5.03. The second kappa shape index (κ2) is 6.64. The molecule has 0 radical (unpaired) electrons. The molecule has 4 nitrogen and oxygen atoms in total. The molecular formula is C16H25NO3. The SMILES string of the molecule is COc1ccc(CC(=O)N(C)CC(C)(C)C)cc1OC. The van der Waals surface area contributed by atoms with Gasteiger partial charge in [-0.05, 0) is 23.1 Å². The summed E-state index contributed by atoms with van der Waals surface area (Å²) in [5.41, 5.74) is 1.02. The molecule has 0 saturated carbocycles. The summed E-state index contributed by atoms with van der Waals surface area (Å²) >= 11 is 0.